The first-order valence-electron chi connectivity index (χ1n) is 13.2. The molecule has 0 spiro atoms. The summed E-state index contributed by atoms with van der Waals surface area (Å²) in [5.41, 5.74) is 2.06. The normalized spacial score (nSPS) is 10.9. The molecule has 0 aliphatic heterocycles. The van der Waals surface area contributed by atoms with Gasteiger partial charge in [0.2, 0.25) is 0 Å². The third kappa shape index (κ3) is 7.69. The molecule has 6 aromatic heterocycles. The van der Waals surface area contributed by atoms with Gasteiger partial charge in [0.25, 0.3) is 20.0 Å². The van der Waals surface area contributed by atoms with Gasteiger partial charge in [0.05, 0.1) is 42.6 Å². The number of pyridine rings is 4. The Balaban J connectivity index is 0.000000201. The molecule has 0 fully saturated rings. The van der Waals surface area contributed by atoms with E-state index in [2.05, 4.69) is 60.8 Å². The predicted molar refractivity (Wildman–Crippen MR) is 184 cm³/mol. The Morgan fingerprint density at radius 3 is 1.77 bits per heavy atom. The molecule has 1 radical (unpaired) electrons. The number of aromatic nitrogens is 6. The van der Waals surface area contributed by atoms with Crippen molar-refractivity contribution in [1.82, 2.24) is 29.2 Å². The number of halogens is 1. The van der Waals surface area contributed by atoms with Gasteiger partial charge in [0, 0.05) is 45.1 Å². The summed E-state index contributed by atoms with van der Waals surface area (Å²) in [4.78, 5) is 8.28. The standard InChI is InChI=1S/C14H10BrN5O2S.C14H11N5O2S.BHNS/c1-19(14-3-2-10(7-16)8-17-14)23(21,22)11-4-5-20-13(6-11)12(15)9-18-20;1-18(14-3-2-11(9-15)10-16-14)22(20,21)13-5-7-19-12(8-13)4-6-17-19;1-2-3/h2-6,8-9H,1H3;2-8,10H,1H3;3H. The molecule has 6 rings (SSSR count). The Morgan fingerprint density at radius 1 is 0.792 bits per heavy atom. The molecule has 0 amide bonds. The molecule has 0 atom stereocenters. The number of anilines is 2. The van der Waals surface area contributed by atoms with Crippen molar-refractivity contribution in [1.29, 1.82) is 10.5 Å². The molecule has 0 unspecified atom stereocenters. The van der Waals surface area contributed by atoms with Gasteiger partial charge in [-0.15, -0.1) is 0 Å². The van der Waals surface area contributed by atoms with Crippen LogP contribution in [-0.2, 0) is 20.0 Å². The van der Waals surface area contributed by atoms with Gasteiger partial charge in [-0.2, -0.15) is 20.7 Å². The van der Waals surface area contributed by atoms with E-state index >= 15 is 0 Å². The van der Waals surface area contributed by atoms with E-state index in [1.165, 1.54) is 69.0 Å². The van der Waals surface area contributed by atoms with Gasteiger partial charge in [-0.05, 0) is 70.5 Å². The van der Waals surface area contributed by atoms with E-state index in [-0.39, 0.29) is 21.4 Å². The molecular formula is C28H22BBrN11O4S3. The SMILES string of the molecule is CN(c1ccc(C#N)cn1)S(=O)(=O)c1ccn2ncc(Br)c2c1.CN(c1ccc(C#N)cn1)S(=O)(=O)c1ccn2nccc2c1.[B]=NS. The zero-order valence-electron chi connectivity index (χ0n) is 24.9. The van der Waals surface area contributed by atoms with Gasteiger partial charge < -0.3 is 0 Å². The van der Waals surface area contributed by atoms with E-state index < -0.39 is 20.0 Å². The van der Waals surface area contributed by atoms with Crippen molar-refractivity contribution in [2.45, 2.75) is 9.79 Å². The van der Waals surface area contributed by atoms with E-state index in [0.29, 0.717) is 26.6 Å². The molecule has 0 bridgehead atoms. The van der Waals surface area contributed by atoms with Crippen LogP contribution >= 0.6 is 28.7 Å². The topological polar surface area (TPSA) is 195 Å². The van der Waals surface area contributed by atoms with Gasteiger partial charge in [-0.25, -0.2) is 35.8 Å². The van der Waals surface area contributed by atoms with Gasteiger partial charge >= 0.3 is 24.8 Å². The van der Waals surface area contributed by atoms with Crippen LogP contribution in [0.4, 0.5) is 11.6 Å². The van der Waals surface area contributed by atoms with Crippen molar-refractivity contribution < 1.29 is 16.8 Å². The Hall–Kier alpha value is -5.15. The van der Waals surface area contributed by atoms with Crippen LogP contribution in [0.1, 0.15) is 11.1 Å². The van der Waals surface area contributed by atoms with E-state index in [4.69, 9.17) is 10.5 Å². The third-order valence-corrected chi connectivity index (χ3v) is 10.7. The second kappa shape index (κ2) is 15.2. The summed E-state index contributed by atoms with van der Waals surface area (Å²) in [5, 5.41) is 25.6. The van der Waals surface area contributed by atoms with E-state index in [1.807, 2.05) is 12.1 Å². The third-order valence-electron chi connectivity index (χ3n) is 6.53. The van der Waals surface area contributed by atoms with Crippen LogP contribution in [0.25, 0.3) is 11.0 Å². The molecule has 0 saturated carbocycles. The second-order valence-corrected chi connectivity index (χ2v) is 14.4. The van der Waals surface area contributed by atoms with Crippen LogP contribution in [0.5, 0.6) is 0 Å². The predicted octanol–water partition coefficient (Wildman–Crippen LogP) is 3.80. The summed E-state index contributed by atoms with van der Waals surface area (Å²) in [7, 11) is -0.333. The zero-order chi connectivity index (χ0) is 35.1. The fraction of sp³-hybridized carbons (Fsp3) is 0.0714. The zero-order valence-corrected chi connectivity index (χ0v) is 29.0. The molecule has 6 heterocycles. The maximum absolute atomic E-state index is 12.7. The minimum atomic E-state index is -3.77. The Morgan fingerprint density at radius 2 is 1.29 bits per heavy atom. The summed E-state index contributed by atoms with van der Waals surface area (Å²) in [6.45, 7) is 0. The average molecular weight is 763 g/mol. The van der Waals surface area contributed by atoms with Crippen LogP contribution in [0.15, 0.2) is 110 Å². The fourth-order valence-corrected chi connectivity index (χ4v) is 6.72. The molecule has 0 saturated heterocycles. The molecule has 6 aromatic rings. The number of fused-ring (bicyclic) bond motifs is 2. The summed E-state index contributed by atoms with van der Waals surface area (Å²) in [5.74, 6) is 0.476. The molecule has 20 heteroatoms. The molecule has 0 N–H and O–H groups in total. The second-order valence-electron chi connectivity index (χ2n) is 9.34. The van der Waals surface area contributed by atoms with Gasteiger partial charge in [-0.1, -0.05) is 0 Å². The Kier molecular flexibility index (Phi) is 11.3. The van der Waals surface area contributed by atoms with Gasteiger partial charge in [0.15, 0.2) is 0 Å². The minimum absolute atomic E-state index is 0.125. The monoisotopic (exact) mass is 762 g/mol. The number of thiol groups is 1. The summed E-state index contributed by atoms with van der Waals surface area (Å²) >= 11 is 6.52. The van der Waals surface area contributed by atoms with Crippen LogP contribution in [-0.4, -0.2) is 67.8 Å². The van der Waals surface area contributed by atoms with Crippen LogP contribution in [0.2, 0.25) is 0 Å². The fourth-order valence-electron chi connectivity index (χ4n) is 3.99. The number of hydrogen-bond donors (Lipinski definition) is 1. The molecule has 48 heavy (non-hydrogen) atoms. The number of rotatable bonds is 6. The number of nitrogens with zero attached hydrogens (tertiary/aromatic N) is 11. The Bertz CT molecular complexity index is 2390. The van der Waals surface area contributed by atoms with Crippen LogP contribution in [0.3, 0.4) is 0 Å². The molecule has 0 aromatic carbocycles. The molecule has 241 valence electrons. The van der Waals surface area contributed by atoms with Gasteiger partial charge in [0.1, 0.15) is 23.8 Å². The van der Waals surface area contributed by atoms with Crippen molar-refractivity contribution in [3.63, 3.8) is 0 Å². The first-order chi connectivity index (χ1) is 22.9. The van der Waals surface area contributed by atoms with Crippen LogP contribution < -0.4 is 8.61 Å². The molecule has 15 nitrogen and oxygen atoms in total. The average Bonchev–Trinajstić information content (AvgIpc) is 3.74. The van der Waals surface area contributed by atoms with Crippen molar-refractivity contribution in [3.8, 4) is 12.1 Å². The Labute approximate surface area is 290 Å². The van der Waals surface area contributed by atoms with Crippen molar-refractivity contribution in [2.75, 3.05) is 22.7 Å². The summed E-state index contributed by atoms with van der Waals surface area (Å²) in [6, 6.07) is 17.7. The first kappa shape index (κ1) is 35.7. The number of hydrogen-bond acceptors (Lipinski definition) is 12. The van der Waals surface area contributed by atoms with Crippen molar-refractivity contribution >= 4 is 79.1 Å². The van der Waals surface area contributed by atoms with Crippen LogP contribution in [0, 0.1) is 22.7 Å². The molecule has 0 aliphatic rings. The van der Waals surface area contributed by atoms with Crippen molar-refractivity contribution in [3.05, 3.63) is 107 Å². The number of nitriles is 2. The van der Waals surface area contributed by atoms with Gasteiger partial charge in [-0.3, -0.25) is 8.61 Å². The van der Waals surface area contributed by atoms with E-state index in [0.717, 1.165) is 8.61 Å². The van der Waals surface area contributed by atoms with E-state index in [1.54, 1.807) is 46.0 Å². The first-order valence-corrected chi connectivity index (χ1v) is 17.3. The molecule has 0 aliphatic carbocycles. The number of sulfonamides is 2. The van der Waals surface area contributed by atoms with Crippen molar-refractivity contribution in [2.24, 2.45) is 4.30 Å². The van der Waals surface area contributed by atoms with E-state index in [9.17, 15) is 16.8 Å². The molecular weight excluding hydrogens is 741 g/mol. The summed E-state index contributed by atoms with van der Waals surface area (Å²) in [6.07, 6.45) is 9.02. The maximum atomic E-state index is 12.7. The summed E-state index contributed by atoms with van der Waals surface area (Å²) < 4.78 is 59.5. The quantitative estimate of drug-likeness (QED) is 0.193.